The number of fused-ring (bicyclic) bond motifs is 1. The maximum atomic E-state index is 13.8. The Morgan fingerprint density at radius 3 is 2.58 bits per heavy atom. The summed E-state index contributed by atoms with van der Waals surface area (Å²) in [5.41, 5.74) is 8.29. The lowest BCUT2D eigenvalue weighted by atomic mass is 10.0. The number of aryl methyl sites for hydroxylation is 1. The van der Waals surface area contributed by atoms with Crippen molar-refractivity contribution in [1.29, 1.82) is 0 Å². The van der Waals surface area contributed by atoms with Crippen LogP contribution in [-0.4, -0.2) is 69.9 Å². The van der Waals surface area contributed by atoms with Crippen molar-refractivity contribution in [3.63, 3.8) is 0 Å². The quantitative estimate of drug-likeness (QED) is 0.409. The number of amides is 2. The Kier molecular flexibility index (Phi) is 9.65. The molecule has 2 heterocycles. The molecule has 0 aromatic heterocycles. The van der Waals surface area contributed by atoms with Crippen molar-refractivity contribution >= 4 is 41.0 Å². The molecule has 0 unspecified atom stereocenters. The van der Waals surface area contributed by atoms with Gasteiger partial charge in [0.2, 0.25) is 11.8 Å². The van der Waals surface area contributed by atoms with Crippen molar-refractivity contribution in [3.8, 4) is 0 Å². The number of nitrogens with two attached hydrogens (primary N) is 1. The Labute approximate surface area is 233 Å². The number of carboxylic acid groups (broad SMARTS) is 1. The van der Waals surface area contributed by atoms with E-state index in [1.165, 1.54) is 5.56 Å². The maximum absolute atomic E-state index is 13.8. The number of hydrogen-bond acceptors (Lipinski definition) is 5. The number of benzene rings is 2. The highest BCUT2D eigenvalue weighted by molar-refractivity contribution is 6.42. The highest BCUT2D eigenvalue weighted by Gasteiger charge is 2.45. The van der Waals surface area contributed by atoms with Gasteiger partial charge in [-0.2, -0.15) is 0 Å². The van der Waals surface area contributed by atoms with E-state index in [2.05, 4.69) is 22.3 Å². The maximum Gasteiger partial charge on any atom is 0.303 e. The summed E-state index contributed by atoms with van der Waals surface area (Å²) in [6.45, 7) is 1.19. The van der Waals surface area contributed by atoms with Gasteiger partial charge in [0, 0.05) is 38.1 Å². The van der Waals surface area contributed by atoms with E-state index in [-0.39, 0.29) is 43.3 Å². The van der Waals surface area contributed by atoms with E-state index in [9.17, 15) is 19.5 Å². The van der Waals surface area contributed by atoms with Crippen LogP contribution in [0.5, 0.6) is 0 Å². The zero-order valence-corrected chi connectivity index (χ0v) is 22.7. The van der Waals surface area contributed by atoms with Crippen LogP contribution in [-0.2, 0) is 27.3 Å². The van der Waals surface area contributed by atoms with Crippen molar-refractivity contribution < 1.29 is 19.5 Å². The van der Waals surface area contributed by atoms with Crippen LogP contribution in [0.25, 0.3) is 0 Å². The lowest BCUT2D eigenvalue weighted by molar-refractivity contribution is -0.144. The summed E-state index contributed by atoms with van der Waals surface area (Å²) in [6, 6.07) is 14.0. The highest BCUT2D eigenvalue weighted by atomic mass is 35.5. The molecule has 2 aromatic rings. The van der Waals surface area contributed by atoms with Crippen LogP contribution in [0.2, 0.25) is 10.0 Å². The standard InChI is InChI=1S/C28H34Cl2N4O4/c29-22-9-7-19(14-23(22)30)16-32-27(37)24(10-11-26(35)36)33-13-12-21(8-6-18-4-2-1-3-5-18)34-17-20(31)15-25(34)28(33)38/h1-5,7,9,14,20-21,24-25H,6,8,10-13,15-17,31H2,(H,32,37)(H,35,36)/t20-,21+,24-,25+/m1/s1. The smallest absolute Gasteiger partial charge is 0.303 e. The third kappa shape index (κ3) is 7.05. The first-order chi connectivity index (χ1) is 18.2. The van der Waals surface area contributed by atoms with Gasteiger partial charge in [0.1, 0.15) is 6.04 Å². The van der Waals surface area contributed by atoms with E-state index in [0.29, 0.717) is 36.0 Å². The zero-order chi connectivity index (χ0) is 27.2. The largest absolute Gasteiger partial charge is 0.481 e. The molecule has 2 aliphatic rings. The first-order valence-electron chi connectivity index (χ1n) is 13.0. The predicted molar refractivity (Wildman–Crippen MR) is 147 cm³/mol. The zero-order valence-electron chi connectivity index (χ0n) is 21.2. The van der Waals surface area contributed by atoms with E-state index in [0.717, 1.165) is 18.4 Å². The average molecular weight is 562 g/mol. The Hall–Kier alpha value is -2.65. The summed E-state index contributed by atoms with van der Waals surface area (Å²) < 4.78 is 0. The summed E-state index contributed by atoms with van der Waals surface area (Å²) in [6.07, 6.45) is 2.77. The molecule has 2 amide bonds. The summed E-state index contributed by atoms with van der Waals surface area (Å²) >= 11 is 12.1. The van der Waals surface area contributed by atoms with Crippen LogP contribution in [0.1, 0.15) is 43.2 Å². The lowest BCUT2D eigenvalue weighted by Gasteiger charge is -2.32. The minimum absolute atomic E-state index is 0.0295. The molecular weight excluding hydrogens is 527 g/mol. The van der Waals surface area contributed by atoms with Gasteiger partial charge >= 0.3 is 5.97 Å². The summed E-state index contributed by atoms with van der Waals surface area (Å²) in [7, 11) is 0. The van der Waals surface area contributed by atoms with Gasteiger partial charge in [-0.3, -0.25) is 19.3 Å². The lowest BCUT2D eigenvalue weighted by Crippen LogP contribution is -2.53. The predicted octanol–water partition coefficient (Wildman–Crippen LogP) is 3.48. The van der Waals surface area contributed by atoms with Crippen LogP contribution in [0.15, 0.2) is 48.5 Å². The summed E-state index contributed by atoms with van der Waals surface area (Å²) in [5.74, 6) is -1.55. The third-order valence-electron chi connectivity index (χ3n) is 7.48. The number of nitrogens with zero attached hydrogens (tertiary/aromatic N) is 2. The van der Waals surface area contributed by atoms with E-state index in [1.807, 2.05) is 18.2 Å². The van der Waals surface area contributed by atoms with Gasteiger partial charge < -0.3 is 21.1 Å². The minimum Gasteiger partial charge on any atom is -0.481 e. The van der Waals surface area contributed by atoms with Gasteiger partial charge in [0.05, 0.1) is 16.1 Å². The number of halogens is 2. The second-order valence-electron chi connectivity index (χ2n) is 10.1. The third-order valence-corrected chi connectivity index (χ3v) is 8.22. The van der Waals surface area contributed by atoms with E-state index in [1.54, 1.807) is 23.1 Å². The van der Waals surface area contributed by atoms with Crippen LogP contribution >= 0.6 is 23.2 Å². The molecule has 10 heteroatoms. The Morgan fingerprint density at radius 1 is 1.11 bits per heavy atom. The van der Waals surface area contributed by atoms with Crippen molar-refractivity contribution in [2.45, 2.75) is 69.2 Å². The highest BCUT2D eigenvalue weighted by Crippen LogP contribution is 2.30. The molecule has 2 saturated heterocycles. The van der Waals surface area contributed by atoms with E-state index >= 15 is 0 Å². The van der Waals surface area contributed by atoms with Crippen LogP contribution in [0, 0.1) is 0 Å². The molecule has 38 heavy (non-hydrogen) atoms. The van der Waals surface area contributed by atoms with Gasteiger partial charge in [-0.1, -0.05) is 59.6 Å². The molecule has 0 aliphatic carbocycles. The fourth-order valence-corrected chi connectivity index (χ4v) is 5.86. The number of aliphatic carboxylic acids is 1. The SMILES string of the molecule is N[C@@H]1C[C@H]2C(=O)N([C@H](CCC(=O)O)C(=O)NCc3ccc(Cl)c(Cl)c3)CC[C@H](CCc3ccccc3)N2C1. The van der Waals surface area contributed by atoms with E-state index in [4.69, 9.17) is 28.9 Å². The number of carbonyl (C=O) groups is 3. The van der Waals surface area contributed by atoms with Crippen LogP contribution in [0.3, 0.4) is 0 Å². The molecule has 204 valence electrons. The number of rotatable bonds is 10. The molecule has 2 fully saturated rings. The first-order valence-corrected chi connectivity index (χ1v) is 13.8. The molecule has 0 radical (unpaired) electrons. The van der Waals surface area contributed by atoms with Crippen molar-refractivity contribution in [3.05, 3.63) is 69.7 Å². The van der Waals surface area contributed by atoms with Gasteiger partial charge in [0.25, 0.3) is 0 Å². The molecule has 0 bridgehead atoms. The number of nitrogens with one attached hydrogen (secondary N) is 1. The van der Waals surface area contributed by atoms with E-state index < -0.39 is 18.1 Å². The second-order valence-corrected chi connectivity index (χ2v) is 10.9. The molecule has 4 N–H and O–H groups in total. The van der Waals surface area contributed by atoms with Crippen LogP contribution in [0.4, 0.5) is 0 Å². The summed E-state index contributed by atoms with van der Waals surface area (Å²) in [4.78, 5) is 42.4. The van der Waals surface area contributed by atoms with Crippen molar-refractivity contribution in [1.82, 2.24) is 15.1 Å². The second kappa shape index (κ2) is 12.9. The molecule has 0 spiro atoms. The Morgan fingerprint density at radius 2 is 1.87 bits per heavy atom. The molecule has 4 atom stereocenters. The van der Waals surface area contributed by atoms with Crippen molar-refractivity contribution in [2.75, 3.05) is 13.1 Å². The monoisotopic (exact) mass is 560 g/mol. The molecule has 0 saturated carbocycles. The molecule has 8 nitrogen and oxygen atoms in total. The average Bonchev–Trinajstić information content (AvgIpc) is 3.24. The van der Waals surface area contributed by atoms with Gasteiger partial charge in [0.15, 0.2) is 0 Å². The van der Waals surface area contributed by atoms with Crippen LogP contribution < -0.4 is 11.1 Å². The Balaban J connectivity index is 1.51. The summed E-state index contributed by atoms with van der Waals surface area (Å²) in [5, 5.41) is 13.0. The molecule has 2 aliphatic heterocycles. The molecular formula is C28H34Cl2N4O4. The fourth-order valence-electron chi connectivity index (χ4n) is 5.54. The normalized spacial score (nSPS) is 22.6. The fraction of sp³-hybridized carbons (Fsp3) is 0.464. The number of carbonyl (C=O) groups excluding carboxylic acids is 2. The minimum atomic E-state index is -1.01. The Bertz CT molecular complexity index is 1150. The van der Waals surface area contributed by atoms with Gasteiger partial charge in [-0.15, -0.1) is 0 Å². The van der Waals surface area contributed by atoms with Gasteiger partial charge in [-0.05, 0) is 55.4 Å². The topological polar surface area (TPSA) is 116 Å². The molecule has 2 aromatic carbocycles. The van der Waals surface area contributed by atoms with Gasteiger partial charge in [-0.25, -0.2) is 0 Å². The number of carboxylic acids is 1. The number of hydrogen-bond donors (Lipinski definition) is 3. The first kappa shape index (κ1) is 28.4. The van der Waals surface area contributed by atoms with Crippen molar-refractivity contribution in [2.24, 2.45) is 5.73 Å². The molecule has 4 rings (SSSR count).